The first kappa shape index (κ1) is 18.9. The zero-order chi connectivity index (χ0) is 18.9. The van der Waals surface area contributed by atoms with Crippen LogP contribution in [0.1, 0.15) is 22.5 Å². The highest BCUT2D eigenvalue weighted by atomic mass is 16.5. The molecule has 0 atom stereocenters. The van der Waals surface area contributed by atoms with Gasteiger partial charge in [0.15, 0.2) is 0 Å². The molecule has 0 aliphatic carbocycles. The van der Waals surface area contributed by atoms with E-state index in [0.717, 1.165) is 0 Å². The summed E-state index contributed by atoms with van der Waals surface area (Å²) >= 11 is 0. The van der Waals surface area contributed by atoms with Gasteiger partial charge in [-0.1, -0.05) is 6.58 Å². The van der Waals surface area contributed by atoms with E-state index >= 15 is 0 Å². The van der Waals surface area contributed by atoms with E-state index in [4.69, 9.17) is 13.9 Å². The van der Waals surface area contributed by atoms with Gasteiger partial charge < -0.3 is 24.6 Å². The Hall–Kier alpha value is -3.42. The van der Waals surface area contributed by atoms with E-state index in [1.165, 1.54) is 20.5 Å². The van der Waals surface area contributed by atoms with Gasteiger partial charge in [-0.15, -0.1) is 0 Å². The van der Waals surface area contributed by atoms with Crippen LogP contribution in [0, 0.1) is 0 Å². The summed E-state index contributed by atoms with van der Waals surface area (Å²) in [5, 5.41) is 2.69. The minimum absolute atomic E-state index is 0.00240. The van der Waals surface area contributed by atoms with Crippen LogP contribution in [0.3, 0.4) is 0 Å². The summed E-state index contributed by atoms with van der Waals surface area (Å²) in [5.74, 6) is 0.962. The minimum Gasteiger partial charge on any atom is -0.497 e. The van der Waals surface area contributed by atoms with Crippen molar-refractivity contribution in [3.05, 3.63) is 60.2 Å². The first-order chi connectivity index (χ1) is 12.5. The summed E-state index contributed by atoms with van der Waals surface area (Å²) in [6.07, 6.45) is 1.54. The highest BCUT2D eigenvalue weighted by Gasteiger charge is 2.11. The molecule has 1 heterocycles. The van der Waals surface area contributed by atoms with E-state index in [1.54, 1.807) is 30.3 Å². The Bertz CT molecular complexity index is 749. The molecular formula is C18H21N3O5. The van der Waals surface area contributed by atoms with E-state index in [9.17, 15) is 9.59 Å². The largest absolute Gasteiger partial charge is 0.497 e. The molecular weight excluding hydrogens is 338 g/mol. The molecule has 8 nitrogen and oxygen atoms in total. The molecule has 3 N–H and O–H groups in total. The number of carbonyl (C=O) groups is 2. The van der Waals surface area contributed by atoms with Crippen molar-refractivity contribution in [3.8, 4) is 11.5 Å². The van der Waals surface area contributed by atoms with Crippen molar-refractivity contribution in [2.45, 2.75) is 13.0 Å². The SMILES string of the molecule is C=C(CC(=O)NCc1ccco1)NNC(=O)c1cc(OC)cc(OC)c1. The van der Waals surface area contributed by atoms with E-state index in [0.29, 0.717) is 28.5 Å². The number of hydrazine groups is 1. The van der Waals surface area contributed by atoms with Crippen LogP contribution in [0.15, 0.2) is 53.3 Å². The summed E-state index contributed by atoms with van der Waals surface area (Å²) in [7, 11) is 3.00. The lowest BCUT2D eigenvalue weighted by Crippen LogP contribution is -2.38. The number of hydrogen-bond acceptors (Lipinski definition) is 6. The molecule has 0 aliphatic rings. The van der Waals surface area contributed by atoms with Crippen LogP contribution in [0.25, 0.3) is 0 Å². The van der Waals surface area contributed by atoms with E-state index in [-0.39, 0.29) is 18.9 Å². The second-order valence-corrected chi connectivity index (χ2v) is 5.32. The lowest BCUT2D eigenvalue weighted by Gasteiger charge is -2.12. The number of furan rings is 1. The number of methoxy groups -OCH3 is 2. The van der Waals surface area contributed by atoms with Crippen molar-refractivity contribution < 1.29 is 23.5 Å². The second kappa shape index (κ2) is 9.16. The van der Waals surface area contributed by atoms with Gasteiger partial charge in [0.2, 0.25) is 5.91 Å². The highest BCUT2D eigenvalue weighted by Crippen LogP contribution is 2.22. The fourth-order valence-corrected chi connectivity index (χ4v) is 2.06. The Morgan fingerprint density at radius 2 is 1.81 bits per heavy atom. The molecule has 1 aromatic carbocycles. The molecule has 1 aromatic heterocycles. The van der Waals surface area contributed by atoms with Crippen molar-refractivity contribution in [3.63, 3.8) is 0 Å². The summed E-state index contributed by atoms with van der Waals surface area (Å²) < 4.78 is 15.4. The van der Waals surface area contributed by atoms with Crippen LogP contribution < -0.4 is 25.6 Å². The van der Waals surface area contributed by atoms with Gasteiger partial charge in [-0.3, -0.25) is 15.0 Å². The Balaban J connectivity index is 1.81. The molecule has 0 unspecified atom stereocenters. The number of hydrogen-bond donors (Lipinski definition) is 3. The minimum atomic E-state index is -0.417. The Morgan fingerprint density at radius 3 is 2.38 bits per heavy atom. The zero-order valence-corrected chi connectivity index (χ0v) is 14.6. The third-order valence-corrected chi connectivity index (χ3v) is 3.38. The van der Waals surface area contributed by atoms with Crippen LogP contribution in [0.2, 0.25) is 0 Å². The molecule has 0 saturated carbocycles. The fraction of sp³-hybridized carbons (Fsp3) is 0.222. The number of rotatable bonds is 9. The Kier molecular flexibility index (Phi) is 6.67. The molecule has 0 fully saturated rings. The van der Waals surface area contributed by atoms with Crippen molar-refractivity contribution >= 4 is 11.8 Å². The number of ether oxygens (including phenoxy) is 2. The van der Waals surface area contributed by atoms with Crippen LogP contribution in [0.5, 0.6) is 11.5 Å². The molecule has 2 aromatic rings. The first-order valence-corrected chi connectivity index (χ1v) is 7.78. The first-order valence-electron chi connectivity index (χ1n) is 7.78. The standard InChI is InChI=1S/C18H21N3O5/c1-12(7-17(22)19-11-14-5-4-6-26-14)20-21-18(23)13-8-15(24-2)10-16(9-13)25-3/h4-6,8-10,20H,1,7,11H2,2-3H3,(H,19,22)(H,21,23). The lowest BCUT2D eigenvalue weighted by atomic mass is 10.2. The van der Waals surface area contributed by atoms with Gasteiger partial charge in [0.25, 0.3) is 5.91 Å². The monoisotopic (exact) mass is 359 g/mol. The molecule has 0 bridgehead atoms. The van der Waals surface area contributed by atoms with E-state index < -0.39 is 5.91 Å². The highest BCUT2D eigenvalue weighted by molar-refractivity contribution is 5.94. The third-order valence-electron chi connectivity index (χ3n) is 3.38. The van der Waals surface area contributed by atoms with Gasteiger partial charge in [-0.2, -0.15) is 0 Å². The Labute approximate surface area is 151 Å². The number of benzene rings is 1. The van der Waals surface area contributed by atoms with Crippen molar-refractivity contribution in [1.29, 1.82) is 0 Å². The van der Waals surface area contributed by atoms with E-state index in [2.05, 4.69) is 22.7 Å². The molecule has 2 amide bonds. The average Bonchev–Trinajstić information content (AvgIpc) is 3.17. The quantitative estimate of drug-likeness (QED) is 0.590. The molecule has 0 spiro atoms. The summed E-state index contributed by atoms with van der Waals surface area (Å²) in [4.78, 5) is 24.0. The predicted octanol–water partition coefficient (Wildman–Crippen LogP) is 1.75. The van der Waals surface area contributed by atoms with Crippen LogP contribution >= 0.6 is 0 Å². The molecule has 8 heteroatoms. The predicted molar refractivity (Wildman–Crippen MR) is 94.5 cm³/mol. The fourth-order valence-electron chi connectivity index (χ4n) is 2.06. The Morgan fingerprint density at radius 1 is 1.12 bits per heavy atom. The molecule has 0 aliphatic heterocycles. The number of nitrogens with one attached hydrogen (secondary N) is 3. The summed E-state index contributed by atoms with van der Waals surface area (Å²) in [6.45, 7) is 4.00. The van der Waals surface area contributed by atoms with Gasteiger partial charge in [0.05, 0.1) is 33.4 Å². The maximum Gasteiger partial charge on any atom is 0.269 e. The van der Waals surface area contributed by atoms with Gasteiger partial charge in [0.1, 0.15) is 17.3 Å². The summed E-state index contributed by atoms with van der Waals surface area (Å²) in [6, 6.07) is 8.30. The van der Waals surface area contributed by atoms with Crippen molar-refractivity contribution in [2.75, 3.05) is 14.2 Å². The average molecular weight is 359 g/mol. The van der Waals surface area contributed by atoms with Gasteiger partial charge in [-0.25, -0.2) is 0 Å². The third kappa shape index (κ3) is 5.59. The molecule has 2 rings (SSSR count). The van der Waals surface area contributed by atoms with Crippen LogP contribution in [0.4, 0.5) is 0 Å². The van der Waals surface area contributed by atoms with Crippen LogP contribution in [-0.2, 0) is 11.3 Å². The van der Waals surface area contributed by atoms with Crippen molar-refractivity contribution in [1.82, 2.24) is 16.2 Å². The molecule has 0 saturated heterocycles. The maximum atomic E-state index is 12.2. The van der Waals surface area contributed by atoms with Crippen molar-refractivity contribution in [2.24, 2.45) is 0 Å². The molecule has 138 valence electrons. The zero-order valence-electron chi connectivity index (χ0n) is 14.6. The van der Waals surface area contributed by atoms with Gasteiger partial charge in [-0.05, 0) is 24.3 Å². The molecule has 0 radical (unpaired) electrons. The van der Waals surface area contributed by atoms with Gasteiger partial charge >= 0.3 is 0 Å². The molecule has 26 heavy (non-hydrogen) atoms. The maximum absolute atomic E-state index is 12.2. The smallest absolute Gasteiger partial charge is 0.269 e. The normalized spacial score (nSPS) is 9.92. The summed E-state index contributed by atoms with van der Waals surface area (Å²) in [5.41, 5.74) is 5.77. The number of carbonyl (C=O) groups excluding carboxylic acids is 2. The second-order valence-electron chi connectivity index (χ2n) is 5.32. The van der Waals surface area contributed by atoms with E-state index in [1.807, 2.05) is 0 Å². The van der Waals surface area contributed by atoms with Gasteiger partial charge in [0, 0.05) is 17.3 Å². The number of amides is 2. The van der Waals surface area contributed by atoms with Crippen LogP contribution in [-0.4, -0.2) is 26.0 Å². The lowest BCUT2D eigenvalue weighted by molar-refractivity contribution is -0.120. The topological polar surface area (TPSA) is 102 Å².